The maximum atomic E-state index is 9.75. The van der Waals surface area contributed by atoms with Crippen LogP contribution in [0.5, 0.6) is 11.5 Å². The van der Waals surface area contributed by atoms with Gasteiger partial charge in [0.1, 0.15) is 17.0 Å². The number of phenols is 2. The van der Waals surface area contributed by atoms with Gasteiger partial charge in [0.2, 0.25) is 5.89 Å². The Morgan fingerprint density at radius 1 is 1.24 bits per heavy atom. The van der Waals surface area contributed by atoms with Crippen molar-refractivity contribution in [3.05, 3.63) is 54.1 Å². The van der Waals surface area contributed by atoms with Crippen LogP contribution in [0.4, 0.5) is 0 Å². The predicted molar refractivity (Wildman–Crippen MR) is 81.4 cm³/mol. The second-order valence-corrected chi connectivity index (χ2v) is 4.97. The Labute approximate surface area is 122 Å². The molecule has 0 aliphatic carbocycles. The molecule has 0 spiro atoms. The third-order valence-corrected chi connectivity index (χ3v) is 3.36. The lowest BCUT2D eigenvalue weighted by molar-refractivity contribution is 0.471. The summed E-state index contributed by atoms with van der Waals surface area (Å²) in [6.07, 6.45) is 2.34. The molecule has 3 aromatic rings. The normalized spacial score (nSPS) is 10.9. The van der Waals surface area contributed by atoms with E-state index in [1.54, 1.807) is 30.3 Å². The van der Waals surface area contributed by atoms with Crippen molar-refractivity contribution in [1.82, 2.24) is 4.98 Å². The number of nitrogens with zero attached hydrogens (tertiary/aromatic N) is 1. The van der Waals surface area contributed by atoms with Crippen molar-refractivity contribution in [3.63, 3.8) is 0 Å². The second-order valence-electron chi connectivity index (χ2n) is 4.97. The molecule has 0 aliphatic heterocycles. The first kappa shape index (κ1) is 13.2. The highest BCUT2D eigenvalue weighted by atomic mass is 16.3. The summed E-state index contributed by atoms with van der Waals surface area (Å²) in [6.45, 7) is 5.52. The van der Waals surface area contributed by atoms with Crippen molar-refractivity contribution in [2.24, 2.45) is 0 Å². The molecule has 0 saturated heterocycles. The molecular formula is C17H15NO3. The minimum atomic E-state index is 0.154. The smallest absolute Gasteiger partial charge is 0.227 e. The lowest BCUT2D eigenvalue weighted by atomic mass is 10.1. The molecule has 0 saturated carbocycles. The van der Waals surface area contributed by atoms with Gasteiger partial charge in [0.15, 0.2) is 5.58 Å². The average Bonchev–Trinajstić information content (AvgIpc) is 2.86. The van der Waals surface area contributed by atoms with Crippen molar-refractivity contribution < 1.29 is 14.6 Å². The average molecular weight is 281 g/mol. The van der Waals surface area contributed by atoms with Gasteiger partial charge < -0.3 is 14.6 Å². The number of aromatic hydroxyl groups is 2. The van der Waals surface area contributed by atoms with Gasteiger partial charge in [-0.15, -0.1) is 6.58 Å². The summed E-state index contributed by atoms with van der Waals surface area (Å²) >= 11 is 0. The van der Waals surface area contributed by atoms with Crippen molar-refractivity contribution in [2.75, 3.05) is 0 Å². The summed E-state index contributed by atoms with van der Waals surface area (Å²) in [7, 11) is 0. The molecule has 1 aromatic heterocycles. The molecule has 2 N–H and O–H groups in total. The zero-order valence-electron chi connectivity index (χ0n) is 11.6. The van der Waals surface area contributed by atoms with E-state index in [-0.39, 0.29) is 11.5 Å². The van der Waals surface area contributed by atoms with E-state index in [9.17, 15) is 10.2 Å². The number of benzene rings is 2. The quantitative estimate of drug-likeness (QED) is 0.713. The first-order valence-electron chi connectivity index (χ1n) is 6.62. The SMILES string of the molecule is C=CCc1cc(O)cc2nc(-c3ccc(O)c(C)c3)oc12. The van der Waals surface area contributed by atoms with Crippen LogP contribution in [0.3, 0.4) is 0 Å². The molecular weight excluding hydrogens is 266 g/mol. The van der Waals surface area contributed by atoms with Gasteiger partial charge in [0.05, 0.1) is 0 Å². The summed E-state index contributed by atoms with van der Waals surface area (Å²) < 4.78 is 5.84. The van der Waals surface area contributed by atoms with Gasteiger partial charge in [0.25, 0.3) is 0 Å². The van der Waals surface area contributed by atoms with Crippen molar-refractivity contribution in [3.8, 4) is 23.0 Å². The number of allylic oxidation sites excluding steroid dienone is 1. The van der Waals surface area contributed by atoms with Gasteiger partial charge in [-0.2, -0.15) is 0 Å². The van der Waals surface area contributed by atoms with Crippen molar-refractivity contribution in [2.45, 2.75) is 13.3 Å². The Hall–Kier alpha value is -2.75. The van der Waals surface area contributed by atoms with Gasteiger partial charge >= 0.3 is 0 Å². The Morgan fingerprint density at radius 2 is 2.05 bits per heavy atom. The first-order valence-corrected chi connectivity index (χ1v) is 6.62. The summed E-state index contributed by atoms with van der Waals surface area (Å²) in [6, 6.07) is 8.40. The molecule has 0 radical (unpaired) electrons. The molecule has 0 bridgehead atoms. The third kappa shape index (κ3) is 2.36. The fraction of sp³-hybridized carbons (Fsp3) is 0.118. The first-order chi connectivity index (χ1) is 10.1. The summed E-state index contributed by atoms with van der Waals surface area (Å²) in [5.41, 5.74) is 3.63. The van der Waals surface area contributed by atoms with E-state index >= 15 is 0 Å². The molecule has 0 amide bonds. The van der Waals surface area contributed by atoms with Gasteiger partial charge in [-0.05, 0) is 43.2 Å². The third-order valence-electron chi connectivity index (χ3n) is 3.36. The predicted octanol–water partition coefficient (Wildman–Crippen LogP) is 3.94. The van der Waals surface area contributed by atoms with Gasteiger partial charge in [-0.3, -0.25) is 0 Å². The highest BCUT2D eigenvalue weighted by Crippen LogP contribution is 2.31. The van der Waals surface area contributed by atoms with Crippen LogP contribution in [0.1, 0.15) is 11.1 Å². The van der Waals surface area contributed by atoms with Crippen LogP contribution >= 0.6 is 0 Å². The summed E-state index contributed by atoms with van der Waals surface area (Å²) in [4.78, 5) is 4.41. The number of fused-ring (bicyclic) bond motifs is 1. The van der Waals surface area contributed by atoms with Crippen LogP contribution in [0.2, 0.25) is 0 Å². The van der Waals surface area contributed by atoms with E-state index < -0.39 is 0 Å². The second kappa shape index (κ2) is 4.98. The molecule has 1 heterocycles. The molecule has 3 rings (SSSR count). The van der Waals surface area contributed by atoms with Crippen LogP contribution in [0.25, 0.3) is 22.6 Å². The topological polar surface area (TPSA) is 66.5 Å². The lowest BCUT2D eigenvalue weighted by Gasteiger charge is -2.00. The number of oxazole rings is 1. The van der Waals surface area contributed by atoms with Crippen molar-refractivity contribution in [1.29, 1.82) is 0 Å². The van der Waals surface area contributed by atoms with Crippen LogP contribution in [0, 0.1) is 6.92 Å². The molecule has 0 fully saturated rings. The minimum absolute atomic E-state index is 0.154. The lowest BCUT2D eigenvalue weighted by Crippen LogP contribution is -1.82. The van der Waals surface area contributed by atoms with Crippen LogP contribution in [-0.4, -0.2) is 15.2 Å². The number of phenolic OH excluding ortho intramolecular Hbond substituents is 2. The van der Waals surface area contributed by atoms with Gasteiger partial charge in [0, 0.05) is 17.2 Å². The molecule has 0 atom stereocenters. The largest absolute Gasteiger partial charge is 0.508 e. The van der Waals surface area contributed by atoms with E-state index in [1.165, 1.54) is 0 Å². The van der Waals surface area contributed by atoms with Crippen molar-refractivity contribution >= 4 is 11.1 Å². The maximum Gasteiger partial charge on any atom is 0.227 e. The number of rotatable bonds is 3. The Balaban J connectivity index is 2.18. The molecule has 0 aliphatic rings. The van der Waals surface area contributed by atoms with Crippen LogP contribution in [-0.2, 0) is 6.42 Å². The molecule has 0 unspecified atom stereocenters. The maximum absolute atomic E-state index is 9.75. The monoisotopic (exact) mass is 281 g/mol. The number of aryl methyl sites for hydroxylation is 1. The number of aromatic nitrogens is 1. The molecule has 4 nitrogen and oxygen atoms in total. The minimum Gasteiger partial charge on any atom is -0.508 e. The molecule has 21 heavy (non-hydrogen) atoms. The van der Waals surface area contributed by atoms with E-state index in [2.05, 4.69) is 11.6 Å². The van der Waals surface area contributed by atoms with E-state index in [0.717, 1.165) is 16.7 Å². The Kier molecular flexibility index (Phi) is 3.14. The number of hydrogen-bond donors (Lipinski definition) is 2. The van der Waals surface area contributed by atoms with Gasteiger partial charge in [-0.1, -0.05) is 6.08 Å². The fourth-order valence-electron chi connectivity index (χ4n) is 2.30. The van der Waals surface area contributed by atoms with Gasteiger partial charge in [-0.25, -0.2) is 4.98 Å². The highest BCUT2D eigenvalue weighted by molar-refractivity contribution is 5.81. The summed E-state index contributed by atoms with van der Waals surface area (Å²) in [5.74, 6) is 0.852. The molecule has 106 valence electrons. The van der Waals surface area contributed by atoms with Crippen LogP contribution in [0.15, 0.2) is 47.4 Å². The van der Waals surface area contributed by atoms with E-state index in [4.69, 9.17) is 4.42 Å². The fourth-order valence-corrected chi connectivity index (χ4v) is 2.30. The van der Waals surface area contributed by atoms with E-state index in [1.807, 2.05) is 13.0 Å². The Bertz CT molecular complexity index is 833. The zero-order valence-corrected chi connectivity index (χ0v) is 11.6. The van der Waals surface area contributed by atoms with E-state index in [0.29, 0.717) is 23.4 Å². The standard InChI is InChI=1S/C17H15NO3/c1-3-4-11-8-13(19)9-14-16(11)21-17(18-14)12-5-6-15(20)10(2)7-12/h3,5-9,19-20H,1,4H2,2H3. The summed E-state index contributed by atoms with van der Waals surface area (Å²) in [5, 5.41) is 19.3. The molecule has 2 aromatic carbocycles. The number of hydrogen-bond acceptors (Lipinski definition) is 4. The highest BCUT2D eigenvalue weighted by Gasteiger charge is 2.13. The zero-order chi connectivity index (χ0) is 15.0. The van der Waals surface area contributed by atoms with Crippen LogP contribution < -0.4 is 0 Å². The molecule has 4 heteroatoms. The Morgan fingerprint density at radius 3 is 2.76 bits per heavy atom.